The van der Waals surface area contributed by atoms with Crippen molar-refractivity contribution in [3.8, 4) is 0 Å². The average Bonchev–Trinajstić information content (AvgIpc) is 3.05. The molecule has 0 aliphatic carbocycles. The van der Waals surface area contributed by atoms with Crippen molar-refractivity contribution in [1.82, 2.24) is 14.6 Å². The number of rotatable bonds is 7. The summed E-state index contributed by atoms with van der Waals surface area (Å²) in [6, 6.07) is 8.39. The molecule has 0 unspecified atom stereocenters. The highest BCUT2D eigenvalue weighted by atomic mass is 32.2. The number of aryl methyl sites for hydroxylation is 1. The zero-order valence-electron chi connectivity index (χ0n) is 15.4. The predicted molar refractivity (Wildman–Crippen MR) is 112 cm³/mol. The summed E-state index contributed by atoms with van der Waals surface area (Å²) in [6.07, 6.45) is 0.751. The van der Waals surface area contributed by atoms with E-state index in [9.17, 15) is 14.4 Å². The van der Waals surface area contributed by atoms with E-state index < -0.39 is 0 Å². The zero-order valence-corrected chi connectivity index (χ0v) is 17.0. The van der Waals surface area contributed by atoms with Gasteiger partial charge in [0.05, 0.1) is 11.4 Å². The van der Waals surface area contributed by atoms with Gasteiger partial charge in [0.2, 0.25) is 16.8 Å². The number of hydrogen-bond donors (Lipinski definition) is 2. The number of nitrogens with one attached hydrogen (secondary N) is 2. The lowest BCUT2D eigenvalue weighted by Crippen LogP contribution is -2.16. The SMILES string of the molecule is CCc1nn2c(=O)cc(CSCC(=O)Nc3cccc(NC(C)=O)c3)nc2s1. The van der Waals surface area contributed by atoms with Gasteiger partial charge >= 0.3 is 0 Å². The second-order valence-corrected chi connectivity index (χ2v) is 7.96. The Morgan fingerprint density at radius 3 is 2.68 bits per heavy atom. The Morgan fingerprint density at radius 2 is 1.96 bits per heavy atom. The summed E-state index contributed by atoms with van der Waals surface area (Å²) in [4.78, 5) is 40.4. The van der Waals surface area contributed by atoms with E-state index >= 15 is 0 Å². The number of nitrogens with zero attached hydrogens (tertiary/aromatic N) is 3. The lowest BCUT2D eigenvalue weighted by Gasteiger charge is -2.07. The van der Waals surface area contributed by atoms with Gasteiger partial charge in [0, 0.05) is 30.1 Å². The minimum Gasteiger partial charge on any atom is -0.326 e. The molecule has 8 nitrogen and oxygen atoms in total. The standard InChI is InChI=1S/C18H19N5O3S2/c1-3-16-22-23-17(26)8-14(21-18(23)28-16)9-27-10-15(25)20-13-6-4-5-12(7-13)19-11(2)24/h4-8H,3,9-10H2,1-2H3,(H,19,24)(H,20,25). The first kappa shape index (κ1) is 20.0. The number of fused-ring (bicyclic) bond motifs is 1. The van der Waals surface area contributed by atoms with Gasteiger partial charge in [-0.3, -0.25) is 14.4 Å². The lowest BCUT2D eigenvalue weighted by atomic mass is 10.2. The van der Waals surface area contributed by atoms with Crippen molar-refractivity contribution in [1.29, 1.82) is 0 Å². The maximum absolute atomic E-state index is 12.1. The first-order chi connectivity index (χ1) is 13.4. The second kappa shape index (κ2) is 8.98. The molecule has 2 N–H and O–H groups in total. The molecule has 3 rings (SSSR count). The number of amides is 2. The first-order valence-corrected chi connectivity index (χ1v) is 10.6. The predicted octanol–water partition coefficient (Wildman–Crippen LogP) is 2.54. The zero-order chi connectivity index (χ0) is 20.1. The highest BCUT2D eigenvalue weighted by Crippen LogP contribution is 2.17. The number of anilines is 2. The van der Waals surface area contributed by atoms with E-state index in [1.54, 1.807) is 24.3 Å². The van der Waals surface area contributed by atoms with Gasteiger partial charge in [-0.05, 0) is 24.6 Å². The van der Waals surface area contributed by atoms with Crippen LogP contribution in [-0.2, 0) is 21.8 Å². The van der Waals surface area contributed by atoms with E-state index in [4.69, 9.17) is 0 Å². The van der Waals surface area contributed by atoms with E-state index in [0.717, 1.165) is 11.4 Å². The molecule has 0 bridgehead atoms. The Balaban J connectivity index is 1.56. The van der Waals surface area contributed by atoms with Gasteiger partial charge in [-0.1, -0.05) is 24.3 Å². The molecule has 0 radical (unpaired) electrons. The molecule has 0 aliphatic rings. The molecular weight excluding hydrogens is 398 g/mol. The van der Waals surface area contributed by atoms with E-state index in [2.05, 4.69) is 20.7 Å². The molecule has 2 aromatic heterocycles. The minimum absolute atomic E-state index is 0.172. The fraction of sp³-hybridized carbons (Fsp3) is 0.278. The van der Waals surface area contributed by atoms with Gasteiger partial charge in [0.1, 0.15) is 5.01 Å². The lowest BCUT2D eigenvalue weighted by molar-refractivity contribution is -0.114. The number of carbonyl (C=O) groups is 2. The molecule has 0 fully saturated rings. The van der Waals surface area contributed by atoms with Crippen LogP contribution in [0.5, 0.6) is 0 Å². The van der Waals surface area contributed by atoms with Crippen molar-refractivity contribution < 1.29 is 9.59 Å². The monoisotopic (exact) mass is 417 g/mol. The third kappa shape index (κ3) is 5.17. The van der Waals surface area contributed by atoms with E-state index in [0.29, 0.717) is 27.8 Å². The van der Waals surface area contributed by atoms with Gasteiger partial charge in [0.25, 0.3) is 5.56 Å². The van der Waals surface area contributed by atoms with Crippen LogP contribution in [-0.4, -0.2) is 32.2 Å². The fourth-order valence-corrected chi connectivity index (χ4v) is 4.01. The average molecular weight is 418 g/mol. The molecule has 0 saturated carbocycles. The maximum atomic E-state index is 12.1. The fourth-order valence-electron chi connectivity index (χ4n) is 2.44. The normalized spacial score (nSPS) is 10.8. The summed E-state index contributed by atoms with van der Waals surface area (Å²) in [7, 11) is 0. The Labute approximate surface area is 169 Å². The molecular formula is C18H19N5O3S2. The Bertz CT molecular complexity index is 1080. The van der Waals surface area contributed by atoms with Gasteiger partial charge < -0.3 is 10.6 Å². The number of hydrogen-bond acceptors (Lipinski definition) is 7. The quantitative estimate of drug-likeness (QED) is 0.612. The first-order valence-electron chi connectivity index (χ1n) is 8.58. The van der Waals surface area contributed by atoms with Crippen molar-refractivity contribution in [3.63, 3.8) is 0 Å². The number of aromatic nitrogens is 3. The molecule has 2 heterocycles. The summed E-state index contributed by atoms with van der Waals surface area (Å²) in [5.74, 6) is 0.318. The highest BCUT2D eigenvalue weighted by Gasteiger charge is 2.09. The topological polar surface area (TPSA) is 105 Å². The van der Waals surface area contributed by atoms with E-state index in [-0.39, 0.29) is 23.1 Å². The van der Waals surface area contributed by atoms with Crippen molar-refractivity contribution in [3.05, 3.63) is 51.4 Å². The van der Waals surface area contributed by atoms with Crippen molar-refractivity contribution in [2.24, 2.45) is 0 Å². The number of carbonyl (C=O) groups excluding carboxylic acids is 2. The number of thioether (sulfide) groups is 1. The molecule has 146 valence electrons. The minimum atomic E-state index is -0.212. The molecule has 0 spiro atoms. The van der Waals surface area contributed by atoms with Crippen LogP contribution in [0, 0.1) is 0 Å². The molecule has 0 saturated heterocycles. The summed E-state index contributed by atoms with van der Waals surface area (Å²) >= 11 is 2.77. The largest absolute Gasteiger partial charge is 0.326 e. The Morgan fingerprint density at radius 1 is 1.21 bits per heavy atom. The third-order valence-corrected chi connectivity index (χ3v) is 5.61. The van der Waals surface area contributed by atoms with Crippen LogP contribution in [0.3, 0.4) is 0 Å². The second-order valence-electron chi connectivity index (χ2n) is 5.93. The van der Waals surface area contributed by atoms with Crippen molar-refractivity contribution >= 4 is 51.2 Å². The van der Waals surface area contributed by atoms with E-state index in [1.165, 1.54) is 40.6 Å². The summed E-state index contributed by atoms with van der Waals surface area (Å²) in [5.41, 5.74) is 1.64. The van der Waals surface area contributed by atoms with Crippen LogP contribution in [0.25, 0.3) is 4.96 Å². The number of benzene rings is 1. The summed E-state index contributed by atoms with van der Waals surface area (Å²) in [6.45, 7) is 3.40. The summed E-state index contributed by atoms with van der Waals surface area (Å²) in [5, 5.41) is 10.5. The van der Waals surface area contributed by atoms with Gasteiger partial charge in [-0.15, -0.1) is 11.8 Å². The van der Waals surface area contributed by atoms with E-state index in [1.807, 2.05) is 6.92 Å². The molecule has 1 aromatic carbocycles. The smallest absolute Gasteiger partial charge is 0.275 e. The van der Waals surface area contributed by atoms with Crippen LogP contribution >= 0.6 is 23.1 Å². The third-order valence-electron chi connectivity index (χ3n) is 3.59. The molecule has 3 aromatic rings. The Hall–Kier alpha value is -2.72. The van der Waals surface area contributed by atoms with Crippen LogP contribution in [0.1, 0.15) is 24.5 Å². The van der Waals surface area contributed by atoms with Gasteiger partial charge in [-0.2, -0.15) is 9.61 Å². The van der Waals surface area contributed by atoms with Crippen molar-refractivity contribution in [2.75, 3.05) is 16.4 Å². The maximum Gasteiger partial charge on any atom is 0.275 e. The van der Waals surface area contributed by atoms with Crippen molar-refractivity contribution in [2.45, 2.75) is 26.0 Å². The molecule has 28 heavy (non-hydrogen) atoms. The van der Waals surface area contributed by atoms with Crippen LogP contribution in [0.15, 0.2) is 35.1 Å². The molecule has 0 atom stereocenters. The van der Waals surface area contributed by atoms with Crippen LogP contribution < -0.4 is 16.2 Å². The Kier molecular flexibility index (Phi) is 6.42. The van der Waals surface area contributed by atoms with Gasteiger partial charge in [0.15, 0.2) is 0 Å². The summed E-state index contributed by atoms with van der Waals surface area (Å²) < 4.78 is 1.31. The van der Waals surface area contributed by atoms with Crippen LogP contribution in [0.2, 0.25) is 0 Å². The van der Waals surface area contributed by atoms with Gasteiger partial charge in [-0.25, -0.2) is 4.98 Å². The highest BCUT2D eigenvalue weighted by molar-refractivity contribution is 7.99. The van der Waals surface area contributed by atoms with Crippen LogP contribution in [0.4, 0.5) is 11.4 Å². The molecule has 2 amide bonds. The molecule has 0 aliphatic heterocycles. The molecule has 10 heteroatoms.